The lowest BCUT2D eigenvalue weighted by molar-refractivity contribution is 0.457. The number of hydrogen-bond donors (Lipinski definition) is 1. The average molecular weight is 279 g/mol. The molecule has 4 heteroatoms. The fourth-order valence-corrected chi connectivity index (χ4v) is 2.15. The smallest absolute Gasteiger partial charge is 0.247 e. The number of nitrogens with zero attached hydrogens (tertiary/aromatic N) is 2. The molecule has 4 nitrogen and oxygen atoms in total. The summed E-state index contributed by atoms with van der Waals surface area (Å²) in [7, 11) is 0. The Morgan fingerprint density at radius 2 is 1.71 bits per heavy atom. The van der Waals surface area contributed by atoms with Gasteiger partial charge in [-0.2, -0.15) is 0 Å². The molecule has 0 amide bonds. The average Bonchev–Trinajstić information content (AvgIpc) is 2.99. The summed E-state index contributed by atoms with van der Waals surface area (Å²) in [6, 6.07) is 17.7. The summed E-state index contributed by atoms with van der Waals surface area (Å²) >= 11 is 0. The molecule has 0 aliphatic rings. The highest BCUT2D eigenvalue weighted by Gasteiger charge is 2.15. The molecule has 0 bridgehead atoms. The van der Waals surface area contributed by atoms with Gasteiger partial charge in [0.1, 0.15) is 0 Å². The minimum absolute atomic E-state index is 0.293. The highest BCUT2D eigenvalue weighted by Crippen LogP contribution is 2.21. The maximum absolute atomic E-state index is 6.15. The Labute approximate surface area is 123 Å². The predicted octanol–water partition coefficient (Wildman–Crippen LogP) is 3.29. The van der Waals surface area contributed by atoms with Crippen molar-refractivity contribution in [2.75, 3.05) is 0 Å². The summed E-state index contributed by atoms with van der Waals surface area (Å²) in [6.45, 7) is 2.04. The molecule has 1 heterocycles. The molecule has 2 aromatic carbocycles. The molecule has 106 valence electrons. The van der Waals surface area contributed by atoms with Crippen molar-refractivity contribution in [2.24, 2.45) is 5.73 Å². The zero-order valence-electron chi connectivity index (χ0n) is 11.9. The lowest BCUT2D eigenvalue weighted by atomic mass is 10.1. The van der Waals surface area contributed by atoms with Crippen LogP contribution in [0.15, 0.2) is 59.0 Å². The van der Waals surface area contributed by atoms with Gasteiger partial charge >= 0.3 is 0 Å². The molecular weight excluding hydrogens is 262 g/mol. The fourth-order valence-electron chi connectivity index (χ4n) is 2.15. The van der Waals surface area contributed by atoms with Gasteiger partial charge in [-0.15, -0.1) is 10.2 Å². The first-order chi connectivity index (χ1) is 10.2. The molecule has 0 aliphatic heterocycles. The third-order valence-corrected chi connectivity index (χ3v) is 3.35. The van der Waals surface area contributed by atoms with E-state index in [0.29, 0.717) is 18.2 Å². The van der Waals surface area contributed by atoms with Crippen LogP contribution in [0.2, 0.25) is 0 Å². The van der Waals surface area contributed by atoms with E-state index in [1.54, 1.807) is 0 Å². The van der Waals surface area contributed by atoms with E-state index in [2.05, 4.69) is 10.2 Å². The number of benzene rings is 2. The van der Waals surface area contributed by atoms with Crippen LogP contribution in [0, 0.1) is 6.92 Å². The molecule has 0 fully saturated rings. The summed E-state index contributed by atoms with van der Waals surface area (Å²) in [5.41, 5.74) is 9.40. The predicted molar refractivity (Wildman–Crippen MR) is 81.5 cm³/mol. The van der Waals surface area contributed by atoms with Crippen molar-refractivity contribution in [2.45, 2.75) is 19.4 Å². The van der Waals surface area contributed by atoms with Crippen molar-refractivity contribution in [3.8, 4) is 11.5 Å². The van der Waals surface area contributed by atoms with Crippen LogP contribution in [0.3, 0.4) is 0 Å². The molecule has 3 rings (SSSR count). The summed E-state index contributed by atoms with van der Waals surface area (Å²) < 4.78 is 5.70. The second-order valence-electron chi connectivity index (χ2n) is 5.11. The van der Waals surface area contributed by atoms with Crippen molar-refractivity contribution in [1.29, 1.82) is 0 Å². The molecule has 1 aromatic heterocycles. The SMILES string of the molecule is Cc1ccc(-c2nnc(C(N)Cc3ccccc3)o2)cc1. The first-order valence-electron chi connectivity index (χ1n) is 6.92. The summed E-state index contributed by atoms with van der Waals surface area (Å²) in [5.74, 6) is 0.975. The van der Waals surface area contributed by atoms with Gasteiger partial charge in [-0.1, -0.05) is 48.0 Å². The van der Waals surface area contributed by atoms with Crippen LogP contribution in [0.25, 0.3) is 11.5 Å². The first kappa shape index (κ1) is 13.5. The van der Waals surface area contributed by atoms with E-state index in [1.807, 2.05) is 61.5 Å². The third kappa shape index (κ3) is 3.17. The maximum atomic E-state index is 6.15. The van der Waals surface area contributed by atoms with Crippen LogP contribution in [0.5, 0.6) is 0 Å². The summed E-state index contributed by atoms with van der Waals surface area (Å²) in [5, 5.41) is 8.15. The Hall–Kier alpha value is -2.46. The zero-order chi connectivity index (χ0) is 14.7. The highest BCUT2D eigenvalue weighted by atomic mass is 16.4. The van der Waals surface area contributed by atoms with Crippen molar-refractivity contribution < 1.29 is 4.42 Å². The minimum Gasteiger partial charge on any atom is -0.419 e. The van der Waals surface area contributed by atoms with Gasteiger partial charge in [0.05, 0.1) is 6.04 Å². The number of nitrogens with two attached hydrogens (primary N) is 1. The van der Waals surface area contributed by atoms with Crippen LogP contribution in [-0.2, 0) is 6.42 Å². The van der Waals surface area contributed by atoms with Crippen LogP contribution in [0.1, 0.15) is 23.1 Å². The number of aryl methyl sites for hydroxylation is 1. The number of aromatic nitrogens is 2. The van der Waals surface area contributed by atoms with E-state index in [4.69, 9.17) is 10.2 Å². The van der Waals surface area contributed by atoms with Crippen molar-refractivity contribution in [3.05, 3.63) is 71.6 Å². The zero-order valence-corrected chi connectivity index (χ0v) is 11.9. The topological polar surface area (TPSA) is 64.9 Å². The monoisotopic (exact) mass is 279 g/mol. The molecule has 0 spiro atoms. The fraction of sp³-hybridized carbons (Fsp3) is 0.176. The molecular formula is C17H17N3O. The molecule has 1 unspecified atom stereocenters. The van der Waals surface area contributed by atoms with Crippen LogP contribution >= 0.6 is 0 Å². The number of hydrogen-bond acceptors (Lipinski definition) is 4. The minimum atomic E-state index is -0.293. The van der Waals surface area contributed by atoms with Gasteiger partial charge in [-0.05, 0) is 31.0 Å². The van der Waals surface area contributed by atoms with Crippen LogP contribution in [-0.4, -0.2) is 10.2 Å². The molecule has 3 aromatic rings. The first-order valence-corrected chi connectivity index (χ1v) is 6.92. The second-order valence-corrected chi connectivity index (χ2v) is 5.11. The molecule has 1 atom stereocenters. The van der Waals surface area contributed by atoms with Crippen molar-refractivity contribution in [3.63, 3.8) is 0 Å². The second kappa shape index (κ2) is 5.89. The molecule has 0 radical (unpaired) electrons. The van der Waals surface area contributed by atoms with E-state index in [-0.39, 0.29) is 6.04 Å². The molecule has 0 saturated carbocycles. The standard InChI is InChI=1S/C17H17N3O/c1-12-7-9-14(10-8-12)16-19-20-17(21-16)15(18)11-13-5-3-2-4-6-13/h2-10,15H,11,18H2,1H3. The summed E-state index contributed by atoms with van der Waals surface area (Å²) in [6.07, 6.45) is 0.677. The van der Waals surface area contributed by atoms with Crippen molar-refractivity contribution >= 4 is 0 Å². The van der Waals surface area contributed by atoms with E-state index < -0.39 is 0 Å². The number of rotatable bonds is 4. The van der Waals surface area contributed by atoms with Crippen molar-refractivity contribution in [1.82, 2.24) is 10.2 Å². The van der Waals surface area contributed by atoms with Gasteiger partial charge in [-0.25, -0.2) is 0 Å². The Morgan fingerprint density at radius 3 is 2.43 bits per heavy atom. The van der Waals surface area contributed by atoms with Gasteiger partial charge in [0.15, 0.2) is 0 Å². The van der Waals surface area contributed by atoms with Gasteiger partial charge < -0.3 is 10.2 Å². The molecule has 2 N–H and O–H groups in total. The largest absolute Gasteiger partial charge is 0.419 e. The van der Waals surface area contributed by atoms with Crippen LogP contribution < -0.4 is 5.73 Å². The van der Waals surface area contributed by atoms with E-state index in [0.717, 1.165) is 11.1 Å². The Kier molecular flexibility index (Phi) is 3.79. The molecule has 0 saturated heterocycles. The third-order valence-electron chi connectivity index (χ3n) is 3.35. The quantitative estimate of drug-likeness (QED) is 0.796. The normalized spacial score (nSPS) is 12.3. The Balaban J connectivity index is 1.76. The van der Waals surface area contributed by atoms with Gasteiger partial charge in [0.2, 0.25) is 11.8 Å². The van der Waals surface area contributed by atoms with Crippen LogP contribution in [0.4, 0.5) is 0 Å². The maximum Gasteiger partial charge on any atom is 0.247 e. The van der Waals surface area contributed by atoms with Gasteiger partial charge in [-0.3, -0.25) is 0 Å². The lowest BCUT2D eigenvalue weighted by Crippen LogP contribution is -2.13. The molecule has 0 aliphatic carbocycles. The highest BCUT2D eigenvalue weighted by molar-refractivity contribution is 5.52. The van der Waals surface area contributed by atoms with E-state index >= 15 is 0 Å². The van der Waals surface area contributed by atoms with E-state index in [1.165, 1.54) is 5.56 Å². The van der Waals surface area contributed by atoms with E-state index in [9.17, 15) is 0 Å². The Morgan fingerprint density at radius 1 is 1.00 bits per heavy atom. The van der Waals surface area contributed by atoms with Gasteiger partial charge in [0.25, 0.3) is 0 Å². The molecule has 21 heavy (non-hydrogen) atoms. The lowest BCUT2D eigenvalue weighted by Gasteiger charge is -2.06. The van der Waals surface area contributed by atoms with Gasteiger partial charge in [0, 0.05) is 5.56 Å². The summed E-state index contributed by atoms with van der Waals surface area (Å²) in [4.78, 5) is 0. The Bertz CT molecular complexity index is 704.